The molecule has 0 spiro atoms. The predicted molar refractivity (Wildman–Crippen MR) is 134 cm³/mol. The molecule has 0 aliphatic carbocycles. The van der Waals surface area contributed by atoms with E-state index in [2.05, 4.69) is 10.2 Å². The minimum Gasteiger partial charge on any atom is -0.494 e. The first-order valence-electron chi connectivity index (χ1n) is 11.7. The highest BCUT2D eigenvalue weighted by Gasteiger charge is 2.40. The second kappa shape index (κ2) is 9.46. The number of nitro groups is 1. The molecule has 0 radical (unpaired) electrons. The van der Waals surface area contributed by atoms with Crippen molar-refractivity contribution in [3.63, 3.8) is 0 Å². The SMILES string of the molecule is COc1cc2c(c([N+](=O)[O-])c1NCc1ccccc1)[C@@H]1Cc3ccc(OC)c(OC)c3CN1CC2. The highest BCUT2D eigenvalue weighted by Crippen LogP contribution is 2.50. The van der Waals surface area contributed by atoms with Crippen molar-refractivity contribution in [2.45, 2.75) is 32.0 Å². The average molecular weight is 476 g/mol. The summed E-state index contributed by atoms with van der Waals surface area (Å²) in [7, 11) is 4.84. The molecule has 0 bridgehead atoms. The third-order valence-corrected chi connectivity index (χ3v) is 7.07. The lowest BCUT2D eigenvalue weighted by atomic mass is 9.82. The Morgan fingerprint density at radius 1 is 1.03 bits per heavy atom. The van der Waals surface area contributed by atoms with Gasteiger partial charge in [-0.3, -0.25) is 15.0 Å². The highest BCUT2D eigenvalue weighted by atomic mass is 16.6. The molecule has 1 atom stereocenters. The van der Waals surface area contributed by atoms with Gasteiger partial charge >= 0.3 is 5.69 Å². The normalized spacial score (nSPS) is 16.5. The fourth-order valence-corrected chi connectivity index (χ4v) is 5.43. The second-order valence-corrected chi connectivity index (χ2v) is 8.85. The first-order valence-corrected chi connectivity index (χ1v) is 11.7. The van der Waals surface area contributed by atoms with Gasteiger partial charge in [0.2, 0.25) is 0 Å². The molecule has 3 aromatic rings. The van der Waals surface area contributed by atoms with Crippen LogP contribution >= 0.6 is 0 Å². The molecule has 0 aromatic heterocycles. The first-order chi connectivity index (χ1) is 17.0. The summed E-state index contributed by atoms with van der Waals surface area (Å²) in [5.74, 6) is 1.94. The van der Waals surface area contributed by atoms with E-state index in [0.717, 1.165) is 40.1 Å². The lowest BCUT2D eigenvalue weighted by Crippen LogP contribution is -2.40. The molecule has 8 heteroatoms. The van der Waals surface area contributed by atoms with Gasteiger partial charge in [-0.05, 0) is 41.7 Å². The Bertz CT molecular complexity index is 1260. The molecule has 3 aromatic carbocycles. The summed E-state index contributed by atoms with van der Waals surface area (Å²) in [6.07, 6.45) is 1.37. The lowest BCUT2D eigenvalue weighted by Gasteiger charge is -2.41. The Morgan fingerprint density at radius 2 is 1.80 bits per heavy atom. The van der Waals surface area contributed by atoms with Gasteiger partial charge in [0.15, 0.2) is 17.2 Å². The second-order valence-electron chi connectivity index (χ2n) is 8.85. The van der Waals surface area contributed by atoms with Gasteiger partial charge in [0, 0.05) is 31.2 Å². The number of anilines is 1. The number of benzene rings is 3. The smallest absolute Gasteiger partial charge is 0.301 e. The van der Waals surface area contributed by atoms with Crippen LogP contribution in [-0.4, -0.2) is 37.7 Å². The summed E-state index contributed by atoms with van der Waals surface area (Å²) in [6.45, 7) is 1.91. The largest absolute Gasteiger partial charge is 0.494 e. The number of fused-ring (bicyclic) bond motifs is 4. The van der Waals surface area contributed by atoms with Crippen LogP contribution in [0.15, 0.2) is 48.5 Å². The van der Waals surface area contributed by atoms with Crippen molar-refractivity contribution >= 4 is 11.4 Å². The summed E-state index contributed by atoms with van der Waals surface area (Å²) in [5, 5.41) is 15.8. The number of methoxy groups -OCH3 is 3. The van der Waals surface area contributed by atoms with Crippen LogP contribution in [0, 0.1) is 10.1 Å². The Balaban J connectivity index is 1.59. The number of hydrogen-bond donors (Lipinski definition) is 1. The Morgan fingerprint density at radius 3 is 2.49 bits per heavy atom. The van der Waals surface area contributed by atoms with Crippen molar-refractivity contribution in [2.75, 3.05) is 33.2 Å². The van der Waals surface area contributed by atoms with Gasteiger partial charge < -0.3 is 19.5 Å². The zero-order chi connectivity index (χ0) is 24.5. The van der Waals surface area contributed by atoms with Crippen molar-refractivity contribution in [2.24, 2.45) is 0 Å². The molecule has 2 aliphatic rings. The lowest BCUT2D eigenvalue weighted by molar-refractivity contribution is -0.385. The van der Waals surface area contributed by atoms with Crippen LogP contribution in [0.3, 0.4) is 0 Å². The van der Waals surface area contributed by atoms with Crippen LogP contribution in [0.4, 0.5) is 11.4 Å². The van der Waals surface area contributed by atoms with Crippen molar-refractivity contribution in [1.82, 2.24) is 4.90 Å². The number of nitrogens with one attached hydrogen (secondary N) is 1. The molecule has 8 nitrogen and oxygen atoms in total. The van der Waals surface area contributed by atoms with Crippen molar-refractivity contribution in [1.29, 1.82) is 0 Å². The number of ether oxygens (including phenoxy) is 3. The number of hydrogen-bond acceptors (Lipinski definition) is 7. The molecular formula is C27H29N3O5. The summed E-state index contributed by atoms with van der Waals surface area (Å²) >= 11 is 0. The van der Waals surface area contributed by atoms with Gasteiger partial charge in [0.05, 0.1) is 31.8 Å². The molecule has 0 saturated heterocycles. The van der Waals surface area contributed by atoms with E-state index in [9.17, 15) is 10.1 Å². The number of nitro benzene ring substituents is 1. The first kappa shape index (κ1) is 23.0. The summed E-state index contributed by atoms with van der Waals surface area (Å²) < 4.78 is 16.8. The van der Waals surface area contributed by atoms with E-state index >= 15 is 0 Å². The van der Waals surface area contributed by atoms with E-state index in [4.69, 9.17) is 14.2 Å². The van der Waals surface area contributed by atoms with E-state index in [1.165, 1.54) is 0 Å². The van der Waals surface area contributed by atoms with Crippen LogP contribution in [0.25, 0.3) is 0 Å². The van der Waals surface area contributed by atoms with Crippen LogP contribution in [0.5, 0.6) is 17.2 Å². The summed E-state index contributed by atoms with van der Waals surface area (Å²) in [4.78, 5) is 14.6. The van der Waals surface area contributed by atoms with Crippen LogP contribution in [0.2, 0.25) is 0 Å². The van der Waals surface area contributed by atoms with Gasteiger partial charge in [-0.25, -0.2) is 0 Å². The van der Waals surface area contributed by atoms with E-state index < -0.39 is 0 Å². The maximum atomic E-state index is 12.5. The van der Waals surface area contributed by atoms with E-state index in [0.29, 0.717) is 43.1 Å². The molecule has 2 heterocycles. The molecule has 0 unspecified atom stereocenters. The molecule has 182 valence electrons. The number of nitrogens with zero attached hydrogens (tertiary/aromatic N) is 2. The minimum absolute atomic E-state index is 0.104. The van der Waals surface area contributed by atoms with E-state index in [1.807, 2.05) is 48.5 Å². The van der Waals surface area contributed by atoms with Crippen LogP contribution in [-0.2, 0) is 25.9 Å². The molecule has 0 saturated carbocycles. The molecule has 0 fully saturated rings. The Labute approximate surface area is 204 Å². The van der Waals surface area contributed by atoms with Crippen LogP contribution < -0.4 is 19.5 Å². The predicted octanol–water partition coefficient (Wildman–Crippen LogP) is 4.89. The van der Waals surface area contributed by atoms with Gasteiger partial charge in [0.1, 0.15) is 5.75 Å². The maximum Gasteiger partial charge on any atom is 0.301 e. The topological polar surface area (TPSA) is 86.1 Å². The monoisotopic (exact) mass is 475 g/mol. The van der Waals surface area contributed by atoms with Gasteiger partial charge in [0.25, 0.3) is 0 Å². The quantitative estimate of drug-likeness (QED) is 0.385. The molecule has 35 heavy (non-hydrogen) atoms. The van der Waals surface area contributed by atoms with E-state index in [-0.39, 0.29) is 16.7 Å². The Hall–Kier alpha value is -3.78. The fourth-order valence-electron chi connectivity index (χ4n) is 5.43. The zero-order valence-electron chi connectivity index (χ0n) is 20.2. The van der Waals surface area contributed by atoms with Crippen LogP contribution in [0.1, 0.15) is 33.9 Å². The average Bonchev–Trinajstić information content (AvgIpc) is 2.89. The summed E-state index contributed by atoms with van der Waals surface area (Å²) in [5.41, 5.74) is 5.54. The van der Waals surface area contributed by atoms with Gasteiger partial charge in [-0.15, -0.1) is 0 Å². The van der Waals surface area contributed by atoms with Gasteiger partial charge in [-0.1, -0.05) is 36.4 Å². The third kappa shape index (κ3) is 4.04. The highest BCUT2D eigenvalue weighted by molar-refractivity contribution is 5.76. The molecule has 0 amide bonds. The molecule has 5 rings (SSSR count). The number of rotatable bonds is 7. The molecule has 1 N–H and O–H groups in total. The Kier molecular flexibility index (Phi) is 6.21. The standard InChI is InChI=1S/C27H29N3O5/c1-33-22-10-9-18-13-21-24-19(11-12-29(21)16-20(18)27(22)35-3)14-23(34-2)25(26(24)30(31)32)28-15-17-7-5-4-6-8-17/h4-10,14,21,28H,11-13,15-16H2,1-3H3/t21-/m0/s1. The maximum absolute atomic E-state index is 12.5. The van der Waals surface area contributed by atoms with Crippen molar-refractivity contribution < 1.29 is 19.1 Å². The molecule has 2 aliphatic heterocycles. The molecular weight excluding hydrogens is 446 g/mol. The minimum atomic E-state index is -0.262. The summed E-state index contributed by atoms with van der Waals surface area (Å²) in [6, 6.07) is 15.7. The van der Waals surface area contributed by atoms with Crippen molar-refractivity contribution in [3.8, 4) is 17.2 Å². The van der Waals surface area contributed by atoms with E-state index in [1.54, 1.807) is 21.3 Å². The van der Waals surface area contributed by atoms with Crippen molar-refractivity contribution in [3.05, 3.63) is 86.5 Å². The van der Waals surface area contributed by atoms with Gasteiger partial charge in [-0.2, -0.15) is 0 Å². The fraction of sp³-hybridized carbons (Fsp3) is 0.333. The zero-order valence-corrected chi connectivity index (χ0v) is 20.2. The third-order valence-electron chi connectivity index (χ3n) is 7.07.